The lowest BCUT2D eigenvalue weighted by atomic mass is 10.0. The molecule has 3 heterocycles. The monoisotopic (exact) mass is 386 g/mol. The number of anilines is 1. The summed E-state index contributed by atoms with van der Waals surface area (Å²) in [7, 11) is 0. The Balaban J connectivity index is 1.52. The molecule has 27 heavy (non-hydrogen) atoms. The highest BCUT2D eigenvalue weighted by atomic mass is 35.5. The Bertz CT molecular complexity index is 972. The van der Waals surface area contributed by atoms with Gasteiger partial charge in [0.25, 0.3) is 5.78 Å². The Kier molecular flexibility index (Phi) is 4.88. The van der Waals surface area contributed by atoms with E-state index in [1.807, 2.05) is 13.0 Å². The highest BCUT2D eigenvalue weighted by Gasteiger charge is 2.23. The summed E-state index contributed by atoms with van der Waals surface area (Å²) in [6.45, 7) is 6.60. The molecule has 2 aromatic heterocycles. The third kappa shape index (κ3) is 3.70. The number of hydrogen-bond acceptors (Lipinski definition) is 6. The van der Waals surface area contributed by atoms with Crippen molar-refractivity contribution in [1.82, 2.24) is 24.5 Å². The molecule has 1 aromatic carbocycles. The molecule has 3 aromatic rings. The van der Waals surface area contributed by atoms with Gasteiger partial charge in [-0.25, -0.2) is 4.98 Å². The predicted molar refractivity (Wildman–Crippen MR) is 105 cm³/mol. The molecule has 8 heteroatoms. The summed E-state index contributed by atoms with van der Waals surface area (Å²) in [4.78, 5) is 11.0. The van der Waals surface area contributed by atoms with Crippen molar-refractivity contribution in [2.45, 2.75) is 39.3 Å². The van der Waals surface area contributed by atoms with Crippen LogP contribution in [0.4, 0.5) is 5.82 Å². The van der Waals surface area contributed by atoms with Crippen LogP contribution in [0.15, 0.2) is 24.5 Å². The van der Waals surface area contributed by atoms with Gasteiger partial charge in [0.1, 0.15) is 17.9 Å². The zero-order valence-corrected chi connectivity index (χ0v) is 16.2. The van der Waals surface area contributed by atoms with E-state index >= 15 is 0 Å². The molecule has 0 amide bonds. The van der Waals surface area contributed by atoms with E-state index < -0.39 is 0 Å². The van der Waals surface area contributed by atoms with Gasteiger partial charge in [0.15, 0.2) is 0 Å². The van der Waals surface area contributed by atoms with Crippen LogP contribution in [0.5, 0.6) is 5.75 Å². The Morgan fingerprint density at radius 2 is 2.19 bits per heavy atom. The molecule has 1 unspecified atom stereocenters. The first kappa shape index (κ1) is 18.0. The quantitative estimate of drug-likeness (QED) is 0.717. The molecule has 0 spiro atoms. The molecule has 1 fully saturated rings. The number of piperidine rings is 1. The van der Waals surface area contributed by atoms with Crippen LogP contribution in [0.1, 0.15) is 29.7 Å². The average Bonchev–Trinajstić information content (AvgIpc) is 3.10. The molecule has 1 atom stereocenters. The van der Waals surface area contributed by atoms with E-state index in [1.54, 1.807) is 16.6 Å². The predicted octanol–water partition coefficient (Wildman–Crippen LogP) is 3.18. The van der Waals surface area contributed by atoms with Gasteiger partial charge in [0, 0.05) is 41.0 Å². The second kappa shape index (κ2) is 7.32. The number of fused-ring (bicyclic) bond motifs is 1. The van der Waals surface area contributed by atoms with Crippen molar-refractivity contribution in [3.05, 3.63) is 46.4 Å². The lowest BCUT2D eigenvalue weighted by Gasteiger charge is -2.34. The number of aromatic nitrogens is 4. The van der Waals surface area contributed by atoms with Crippen LogP contribution >= 0.6 is 11.6 Å². The minimum absolute atomic E-state index is 0.285. The molecule has 0 saturated carbocycles. The first-order valence-corrected chi connectivity index (χ1v) is 9.52. The normalized spacial score (nSPS) is 18.1. The number of halogens is 1. The third-order valence-electron chi connectivity index (χ3n) is 5.19. The molecule has 1 saturated heterocycles. The summed E-state index contributed by atoms with van der Waals surface area (Å²) in [6.07, 6.45) is 3.69. The van der Waals surface area contributed by atoms with E-state index in [4.69, 9.17) is 11.6 Å². The SMILES string of the molecule is Cc1nc2ncnn2c(NC2CCCN(Cc3cc(Cl)ccc3O)C2)c1C. The summed E-state index contributed by atoms with van der Waals surface area (Å²) >= 11 is 6.08. The van der Waals surface area contributed by atoms with Crippen LogP contribution in [-0.2, 0) is 6.54 Å². The number of aryl methyl sites for hydroxylation is 1. The van der Waals surface area contributed by atoms with Crippen LogP contribution in [0, 0.1) is 13.8 Å². The second-order valence-electron chi connectivity index (χ2n) is 7.13. The summed E-state index contributed by atoms with van der Waals surface area (Å²) in [5.74, 6) is 1.85. The fourth-order valence-electron chi connectivity index (χ4n) is 3.63. The maximum atomic E-state index is 10.1. The first-order valence-electron chi connectivity index (χ1n) is 9.14. The van der Waals surface area contributed by atoms with Crippen LogP contribution in [0.2, 0.25) is 5.02 Å². The molecular formula is C19H23ClN6O. The van der Waals surface area contributed by atoms with Crippen molar-refractivity contribution in [3.63, 3.8) is 0 Å². The van der Waals surface area contributed by atoms with Crippen LogP contribution < -0.4 is 5.32 Å². The maximum Gasteiger partial charge on any atom is 0.254 e. The van der Waals surface area contributed by atoms with Crippen molar-refractivity contribution >= 4 is 23.2 Å². The van der Waals surface area contributed by atoms with Gasteiger partial charge in [-0.15, -0.1) is 0 Å². The minimum Gasteiger partial charge on any atom is -0.508 e. The molecule has 142 valence electrons. The minimum atomic E-state index is 0.285. The lowest BCUT2D eigenvalue weighted by Crippen LogP contribution is -2.42. The lowest BCUT2D eigenvalue weighted by molar-refractivity contribution is 0.206. The zero-order chi connectivity index (χ0) is 19.0. The average molecular weight is 387 g/mol. The van der Waals surface area contributed by atoms with E-state index in [-0.39, 0.29) is 6.04 Å². The fraction of sp³-hybridized carbons (Fsp3) is 0.421. The zero-order valence-electron chi connectivity index (χ0n) is 15.5. The third-order valence-corrected chi connectivity index (χ3v) is 5.42. The number of nitrogens with one attached hydrogen (secondary N) is 1. The van der Waals surface area contributed by atoms with Crippen molar-refractivity contribution < 1.29 is 5.11 Å². The van der Waals surface area contributed by atoms with Gasteiger partial charge >= 0.3 is 0 Å². The van der Waals surface area contributed by atoms with Crippen LogP contribution in [0.3, 0.4) is 0 Å². The number of hydrogen-bond donors (Lipinski definition) is 2. The molecule has 2 N–H and O–H groups in total. The van der Waals surface area contributed by atoms with Crippen LogP contribution in [0.25, 0.3) is 5.78 Å². The Labute approximate surface area is 163 Å². The number of benzene rings is 1. The topological polar surface area (TPSA) is 78.6 Å². The molecular weight excluding hydrogens is 364 g/mol. The second-order valence-corrected chi connectivity index (χ2v) is 7.57. The standard InChI is InChI=1S/C19H23ClN6O/c1-12-13(2)23-19-21-11-22-26(19)18(12)24-16-4-3-7-25(10-16)9-14-8-15(20)5-6-17(14)27/h5-6,8,11,16,24,27H,3-4,7,9-10H2,1-2H3. The smallest absolute Gasteiger partial charge is 0.254 e. The fourth-order valence-corrected chi connectivity index (χ4v) is 3.83. The van der Waals surface area contributed by atoms with E-state index in [2.05, 4.69) is 32.2 Å². The summed E-state index contributed by atoms with van der Waals surface area (Å²) < 4.78 is 1.77. The highest BCUT2D eigenvalue weighted by Crippen LogP contribution is 2.26. The van der Waals surface area contributed by atoms with E-state index in [1.165, 1.54) is 6.33 Å². The number of likely N-dealkylation sites (tertiary alicyclic amines) is 1. The first-order chi connectivity index (χ1) is 13.0. The Morgan fingerprint density at radius 1 is 1.33 bits per heavy atom. The largest absolute Gasteiger partial charge is 0.508 e. The van der Waals surface area contributed by atoms with Gasteiger partial charge in [-0.2, -0.15) is 14.6 Å². The molecule has 0 bridgehead atoms. The van der Waals surface area contributed by atoms with Crippen molar-refractivity contribution in [2.24, 2.45) is 0 Å². The maximum absolute atomic E-state index is 10.1. The number of rotatable bonds is 4. The molecule has 0 aliphatic carbocycles. The van der Waals surface area contributed by atoms with Crippen molar-refractivity contribution in [2.75, 3.05) is 18.4 Å². The Hall–Kier alpha value is -2.38. The van der Waals surface area contributed by atoms with E-state index in [0.29, 0.717) is 23.1 Å². The van der Waals surface area contributed by atoms with E-state index in [9.17, 15) is 5.11 Å². The summed E-state index contributed by atoms with van der Waals surface area (Å²) in [6, 6.07) is 5.48. The molecule has 1 aliphatic rings. The molecule has 7 nitrogen and oxygen atoms in total. The van der Waals surface area contributed by atoms with Crippen LogP contribution in [-0.4, -0.2) is 48.7 Å². The van der Waals surface area contributed by atoms with Crippen molar-refractivity contribution in [3.8, 4) is 5.75 Å². The number of aromatic hydroxyl groups is 1. The van der Waals surface area contributed by atoms with E-state index in [0.717, 1.165) is 48.6 Å². The van der Waals surface area contributed by atoms with Gasteiger partial charge in [-0.3, -0.25) is 4.90 Å². The highest BCUT2D eigenvalue weighted by molar-refractivity contribution is 6.30. The van der Waals surface area contributed by atoms with Gasteiger partial charge in [0.2, 0.25) is 0 Å². The molecule has 0 radical (unpaired) electrons. The Morgan fingerprint density at radius 3 is 3.04 bits per heavy atom. The molecule has 1 aliphatic heterocycles. The number of nitrogens with zero attached hydrogens (tertiary/aromatic N) is 5. The summed E-state index contributed by atoms with van der Waals surface area (Å²) in [5, 5.41) is 18.7. The van der Waals surface area contributed by atoms with Gasteiger partial charge in [-0.05, 0) is 51.4 Å². The van der Waals surface area contributed by atoms with Gasteiger partial charge in [-0.1, -0.05) is 11.6 Å². The van der Waals surface area contributed by atoms with Gasteiger partial charge in [0.05, 0.1) is 0 Å². The molecule has 4 rings (SSSR count). The summed E-state index contributed by atoms with van der Waals surface area (Å²) in [5.41, 5.74) is 2.89. The van der Waals surface area contributed by atoms with Crippen molar-refractivity contribution in [1.29, 1.82) is 0 Å². The number of phenols is 1. The van der Waals surface area contributed by atoms with Gasteiger partial charge < -0.3 is 10.4 Å². The number of phenolic OH excluding ortho intramolecular Hbond substituents is 1.